The maximum Gasteiger partial charge on any atom is 0.160 e. The first-order valence-corrected chi connectivity index (χ1v) is 6.69. The maximum atomic E-state index is 9.40. The van der Waals surface area contributed by atoms with Crippen molar-refractivity contribution in [3.63, 3.8) is 0 Å². The van der Waals surface area contributed by atoms with Crippen molar-refractivity contribution in [2.24, 2.45) is 5.92 Å². The lowest BCUT2D eigenvalue weighted by Gasteiger charge is -2.38. The molecule has 1 heterocycles. The van der Waals surface area contributed by atoms with Crippen LogP contribution in [0.5, 0.6) is 0 Å². The third kappa shape index (κ3) is 3.76. The Hall–Kier alpha value is -0.940. The molecule has 0 amide bonds. The molecule has 1 aliphatic rings. The van der Waals surface area contributed by atoms with Crippen LogP contribution in [-0.2, 0) is 20.8 Å². The van der Waals surface area contributed by atoms with Crippen LogP contribution in [0.25, 0.3) is 0 Å². The van der Waals surface area contributed by atoms with E-state index in [4.69, 9.17) is 14.2 Å². The zero-order valence-corrected chi connectivity index (χ0v) is 11.5. The molecule has 1 fully saturated rings. The van der Waals surface area contributed by atoms with Crippen molar-refractivity contribution in [3.05, 3.63) is 35.9 Å². The molecule has 106 valence electrons. The first-order chi connectivity index (χ1) is 9.24. The van der Waals surface area contributed by atoms with E-state index in [-0.39, 0.29) is 31.0 Å². The van der Waals surface area contributed by atoms with Gasteiger partial charge in [0, 0.05) is 13.0 Å². The van der Waals surface area contributed by atoms with Gasteiger partial charge in [-0.2, -0.15) is 0 Å². The summed E-state index contributed by atoms with van der Waals surface area (Å²) in [6, 6.07) is 10.0. The summed E-state index contributed by atoms with van der Waals surface area (Å²) in [6.45, 7) is 2.56. The van der Waals surface area contributed by atoms with Crippen molar-refractivity contribution in [3.8, 4) is 0 Å². The van der Waals surface area contributed by atoms with Gasteiger partial charge in [0.2, 0.25) is 0 Å². The molecule has 0 bridgehead atoms. The molecule has 4 nitrogen and oxygen atoms in total. The van der Waals surface area contributed by atoms with E-state index in [0.717, 1.165) is 12.0 Å². The minimum atomic E-state index is -0.315. The highest BCUT2D eigenvalue weighted by Crippen LogP contribution is 2.28. The normalized spacial score (nSPS) is 31.3. The molecule has 19 heavy (non-hydrogen) atoms. The molecule has 4 heteroatoms. The Bertz CT molecular complexity index is 368. The van der Waals surface area contributed by atoms with E-state index in [9.17, 15) is 5.11 Å². The van der Waals surface area contributed by atoms with Gasteiger partial charge in [0.25, 0.3) is 0 Å². The van der Waals surface area contributed by atoms with Gasteiger partial charge in [0.05, 0.1) is 19.3 Å². The average Bonchev–Trinajstić information content (AvgIpc) is 2.46. The minimum absolute atomic E-state index is 0.0496. The van der Waals surface area contributed by atoms with E-state index in [1.165, 1.54) is 0 Å². The lowest BCUT2D eigenvalue weighted by Crippen LogP contribution is -2.47. The summed E-state index contributed by atoms with van der Waals surface area (Å²) in [6.07, 6.45) is 0.168. The fraction of sp³-hybridized carbons (Fsp3) is 0.600. The zero-order chi connectivity index (χ0) is 13.7. The summed E-state index contributed by atoms with van der Waals surface area (Å²) >= 11 is 0. The third-order valence-electron chi connectivity index (χ3n) is 3.51. The molecule has 1 saturated heterocycles. The molecule has 2 rings (SSSR count). The summed E-state index contributed by atoms with van der Waals surface area (Å²) in [5.74, 6) is 0.258. The van der Waals surface area contributed by atoms with Crippen molar-refractivity contribution in [2.75, 3.05) is 13.7 Å². The second kappa shape index (κ2) is 7.01. The Morgan fingerprint density at radius 1 is 1.32 bits per heavy atom. The van der Waals surface area contributed by atoms with Crippen LogP contribution >= 0.6 is 0 Å². The van der Waals surface area contributed by atoms with Crippen LogP contribution in [0.3, 0.4) is 0 Å². The summed E-state index contributed by atoms with van der Waals surface area (Å²) in [7, 11) is 1.63. The maximum absolute atomic E-state index is 9.40. The zero-order valence-electron chi connectivity index (χ0n) is 11.5. The Labute approximate surface area is 114 Å². The highest BCUT2D eigenvalue weighted by atomic mass is 16.7. The van der Waals surface area contributed by atoms with Crippen molar-refractivity contribution >= 4 is 0 Å². The van der Waals surface area contributed by atoms with E-state index in [2.05, 4.69) is 6.92 Å². The fourth-order valence-electron chi connectivity index (χ4n) is 2.42. The molecule has 0 spiro atoms. The summed E-state index contributed by atoms with van der Waals surface area (Å²) in [5.41, 5.74) is 1.13. The van der Waals surface area contributed by atoms with Gasteiger partial charge in [-0.15, -0.1) is 0 Å². The Morgan fingerprint density at radius 2 is 2.05 bits per heavy atom. The molecule has 0 aromatic heterocycles. The molecular formula is C15H22O4. The lowest BCUT2D eigenvalue weighted by molar-refractivity contribution is -0.252. The molecule has 0 aliphatic carbocycles. The molecule has 0 unspecified atom stereocenters. The number of rotatable bonds is 5. The first kappa shape index (κ1) is 14.5. The fourth-order valence-corrected chi connectivity index (χ4v) is 2.42. The number of hydrogen-bond acceptors (Lipinski definition) is 4. The van der Waals surface area contributed by atoms with Crippen molar-refractivity contribution in [2.45, 2.75) is 38.4 Å². The first-order valence-electron chi connectivity index (χ1n) is 6.69. The number of ether oxygens (including phenoxy) is 3. The van der Waals surface area contributed by atoms with Crippen LogP contribution in [0.1, 0.15) is 18.9 Å². The predicted molar refractivity (Wildman–Crippen MR) is 71.6 cm³/mol. The highest BCUT2D eigenvalue weighted by molar-refractivity contribution is 5.13. The topological polar surface area (TPSA) is 47.9 Å². The molecule has 4 atom stereocenters. The van der Waals surface area contributed by atoms with E-state index in [0.29, 0.717) is 6.61 Å². The summed E-state index contributed by atoms with van der Waals surface area (Å²) in [5, 5.41) is 9.40. The van der Waals surface area contributed by atoms with Gasteiger partial charge in [0.1, 0.15) is 6.10 Å². The van der Waals surface area contributed by atoms with Gasteiger partial charge in [-0.3, -0.25) is 0 Å². The highest BCUT2D eigenvalue weighted by Gasteiger charge is 2.36. The number of benzene rings is 1. The van der Waals surface area contributed by atoms with Gasteiger partial charge in [-0.25, -0.2) is 0 Å². The number of methoxy groups -OCH3 is 1. The monoisotopic (exact) mass is 266 g/mol. The Balaban J connectivity index is 1.91. The van der Waals surface area contributed by atoms with Crippen LogP contribution in [0.4, 0.5) is 0 Å². The summed E-state index contributed by atoms with van der Waals surface area (Å²) in [4.78, 5) is 0. The van der Waals surface area contributed by atoms with Gasteiger partial charge in [-0.1, -0.05) is 37.3 Å². The van der Waals surface area contributed by atoms with Crippen molar-refractivity contribution in [1.82, 2.24) is 0 Å². The van der Waals surface area contributed by atoms with E-state index >= 15 is 0 Å². The average molecular weight is 266 g/mol. The third-order valence-corrected chi connectivity index (χ3v) is 3.51. The van der Waals surface area contributed by atoms with Gasteiger partial charge in [-0.05, 0) is 12.0 Å². The van der Waals surface area contributed by atoms with Crippen LogP contribution in [0.15, 0.2) is 30.3 Å². The molecule has 0 saturated carbocycles. The standard InChI is InChI=1S/C15H22O4/c1-11-8-13(14(9-16)19-15(11)17-2)18-10-12-6-4-3-5-7-12/h3-7,11,13-16H,8-10H2,1-2H3/t11-,13+,14-,15+/m1/s1. The Morgan fingerprint density at radius 3 is 2.68 bits per heavy atom. The molecule has 1 aromatic carbocycles. The van der Waals surface area contributed by atoms with Crippen molar-refractivity contribution < 1.29 is 19.3 Å². The van der Waals surface area contributed by atoms with Gasteiger partial charge < -0.3 is 19.3 Å². The van der Waals surface area contributed by atoms with E-state index in [1.807, 2.05) is 30.3 Å². The minimum Gasteiger partial charge on any atom is -0.394 e. The largest absolute Gasteiger partial charge is 0.394 e. The van der Waals surface area contributed by atoms with Crippen LogP contribution in [0, 0.1) is 5.92 Å². The van der Waals surface area contributed by atoms with Gasteiger partial charge in [0.15, 0.2) is 6.29 Å². The van der Waals surface area contributed by atoms with Gasteiger partial charge >= 0.3 is 0 Å². The quantitative estimate of drug-likeness (QED) is 0.885. The Kier molecular flexibility index (Phi) is 5.34. The second-order valence-corrected chi connectivity index (χ2v) is 5.01. The smallest absolute Gasteiger partial charge is 0.160 e. The molecule has 1 aromatic rings. The van der Waals surface area contributed by atoms with Crippen LogP contribution in [0.2, 0.25) is 0 Å². The number of aliphatic hydroxyl groups is 1. The van der Waals surface area contributed by atoms with Crippen molar-refractivity contribution in [1.29, 1.82) is 0 Å². The van der Waals surface area contributed by atoms with E-state index in [1.54, 1.807) is 7.11 Å². The van der Waals surface area contributed by atoms with E-state index < -0.39 is 0 Å². The lowest BCUT2D eigenvalue weighted by atomic mass is 9.96. The van der Waals surface area contributed by atoms with Crippen LogP contribution in [-0.4, -0.2) is 37.3 Å². The predicted octanol–water partition coefficient (Wildman–Crippen LogP) is 1.96. The molecule has 1 N–H and O–H groups in total. The molecule has 1 aliphatic heterocycles. The number of hydrogen-bond donors (Lipinski definition) is 1. The second-order valence-electron chi connectivity index (χ2n) is 5.01. The molecule has 0 radical (unpaired) electrons. The summed E-state index contributed by atoms with van der Waals surface area (Å²) < 4.78 is 16.9. The molecular weight excluding hydrogens is 244 g/mol. The SMILES string of the molecule is CO[C@H]1O[C@H](CO)[C@@H](OCc2ccccc2)C[C@H]1C. The van der Waals surface area contributed by atoms with Crippen LogP contribution < -0.4 is 0 Å². The number of aliphatic hydroxyl groups excluding tert-OH is 1.